The van der Waals surface area contributed by atoms with Crippen LogP contribution >= 0.6 is 0 Å². The average Bonchev–Trinajstić information content (AvgIpc) is 2.83. The summed E-state index contributed by atoms with van der Waals surface area (Å²) in [5.74, 6) is 1.17. The molecule has 0 N–H and O–H groups in total. The molecule has 0 aromatic heterocycles. The molecule has 29 heavy (non-hydrogen) atoms. The van der Waals surface area contributed by atoms with Crippen LogP contribution in [0.1, 0.15) is 25.0 Å². The fourth-order valence-corrected chi connectivity index (χ4v) is 3.76. The topological polar surface area (TPSA) is 45.1 Å². The van der Waals surface area contributed by atoms with Gasteiger partial charge in [-0.1, -0.05) is 12.1 Å². The summed E-state index contributed by atoms with van der Waals surface area (Å²) >= 11 is 0. The second kappa shape index (κ2) is 7.09. The summed E-state index contributed by atoms with van der Waals surface area (Å²) in [4.78, 5) is 20.3. The summed E-state index contributed by atoms with van der Waals surface area (Å²) in [5, 5.41) is 0. The maximum atomic E-state index is 13.1. The number of piperazine rings is 1. The Morgan fingerprint density at radius 1 is 1.14 bits per heavy atom. The van der Waals surface area contributed by atoms with Gasteiger partial charge >= 0.3 is 6.18 Å². The third-order valence-electron chi connectivity index (χ3n) is 5.19. The molecule has 1 saturated heterocycles. The first kappa shape index (κ1) is 19.3. The minimum Gasteiger partial charge on any atom is -0.454 e. The van der Waals surface area contributed by atoms with Gasteiger partial charge in [0.05, 0.1) is 11.1 Å². The molecule has 0 radical (unpaired) electrons. The van der Waals surface area contributed by atoms with Crippen LogP contribution in [0.4, 0.5) is 18.9 Å². The molecule has 2 aliphatic heterocycles. The van der Waals surface area contributed by atoms with E-state index in [1.165, 1.54) is 6.07 Å². The molecule has 152 valence electrons. The highest BCUT2D eigenvalue weighted by Gasteiger charge is 2.33. The molecule has 1 atom stereocenters. The maximum Gasteiger partial charge on any atom is 0.416 e. The second-order valence-electron chi connectivity index (χ2n) is 7.22. The summed E-state index contributed by atoms with van der Waals surface area (Å²) in [6.07, 6.45) is -4.46. The van der Waals surface area contributed by atoms with Crippen molar-refractivity contribution in [3.63, 3.8) is 0 Å². The summed E-state index contributed by atoms with van der Waals surface area (Å²) in [6, 6.07) is 10.5. The number of para-hydroxylation sites is 1. The van der Waals surface area contributed by atoms with E-state index in [0.29, 0.717) is 42.5 Å². The number of alkyl halides is 3. The number of ether oxygens (including phenoxy) is 1. The summed E-state index contributed by atoms with van der Waals surface area (Å²) in [6.45, 7) is 5.22. The number of fused-ring (bicyclic) bond motifs is 2. The molecule has 2 heterocycles. The SMILES string of the molecule is CC(=O)N1CCN(C2=Nc3ccc(C(F)(F)F)cc3Oc3ccccc32)C[C@@H]1C. The lowest BCUT2D eigenvalue weighted by molar-refractivity contribution is -0.137. The van der Waals surface area contributed by atoms with E-state index < -0.39 is 11.7 Å². The molecule has 2 aliphatic rings. The molecule has 0 bridgehead atoms. The monoisotopic (exact) mass is 403 g/mol. The Morgan fingerprint density at radius 3 is 2.59 bits per heavy atom. The third kappa shape index (κ3) is 3.66. The van der Waals surface area contributed by atoms with Gasteiger partial charge in [-0.25, -0.2) is 4.99 Å². The number of aliphatic imine (C=N–C) groups is 1. The van der Waals surface area contributed by atoms with E-state index in [4.69, 9.17) is 4.74 Å². The standard InChI is InChI=1S/C21H20F3N3O2/c1-13-12-26(9-10-27(13)14(2)28)20-16-5-3-4-6-18(16)29-19-11-15(21(22,23)24)7-8-17(19)25-20/h3-8,11,13H,9-10,12H2,1-2H3/t13-/m0/s1. The Morgan fingerprint density at radius 2 is 1.90 bits per heavy atom. The van der Waals surface area contributed by atoms with Gasteiger partial charge in [0, 0.05) is 32.6 Å². The highest BCUT2D eigenvalue weighted by Crippen LogP contribution is 2.42. The minimum absolute atomic E-state index is 0.00707. The van der Waals surface area contributed by atoms with Gasteiger partial charge in [0.25, 0.3) is 0 Å². The van der Waals surface area contributed by atoms with Gasteiger partial charge in [-0.2, -0.15) is 13.2 Å². The van der Waals surface area contributed by atoms with Crippen LogP contribution in [0.25, 0.3) is 0 Å². The van der Waals surface area contributed by atoms with Gasteiger partial charge < -0.3 is 14.5 Å². The predicted molar refractivity (Wildman–Crippen MR) is 103 cm³/mol. The molecule has 8 heteroatoms. The van der Waals surface area contributed by atoms with Crippen molar-refractivity contribution < 1.29 is 22.7 Å². The first-order valence-corrected chi connectivity index (χ1v) is 9.33. The van der Waals surface area contributed by atoms with Crippen LogP contribution in [-0.2, 0) is 11.0 Å². The Kier molecular flexibility index (Phi) is 4.72. The van der Waals surface area contributed by atoms with Crippen LogP contribution in [-0.4, -0.2) is 47.2 Å². The van der Waals surface area contributed by atoms with Crippen molar-refractivity contribution in [3.8, 4) is 11.5 Å². The smallest absolute Gasteiger partial charge is 0.416 e. The number of hydrogen-bond donors (Lipinski definition) is 0. The van der Waals surface area contributed by atoms with E-state index in [-0.39, 0.29) is 17.7 Å². The zero-order valence-corrected chi connectivity index (χ0v) is 16.0. The summed E-state index contributed by atoms with van der Waals surface area (Å²) in [7, 11) is 0. The number of rotatable bonds is 0. The number of carbonyl (C=O) groups excluding carboxylic acids is 1. The maximum absolute atomic E-state index is 13.1. The van der Waals surface area contributed by atoms with Gasteiger partial charge in [0.1, 0.15) is 17.3 Å². The van der Waals surface area contributed by atoms with Crippen LogP contribution < -0.4 is 4.74 Å². The molecular weight excluding hydrogens is 383 g/mol. The lowest BCUT2D eigenvalue weighted by Crippen LogP contribution is -2.55. The highest BCUT2D eigenvalue weighted by atomic mass is 19.4. The van der Waals surface area contributed by atoms with Crippen LogP contribution in [0.5, 0.6) is 11.5 Å². The van der Waals surface area contributed by atoms with Gasteiger partial charge in [-0.15, -0.1) is 0 Å². The van der Waals surface area contributed by atoms with Crippen LogP contribution in [0.3, 0.4) is 0 Å². The second-order valence-corrected chi connectivity index (χ2v) is 7.22. The van der Waals surface area contributed by atoms with Crippen molar-refractivity contribution in [2.24, 2.45) is 4.99 Å². The quantitative estimate of drug-likeness (QED) is 0.653. The molecule has 0 saturated carbocycles. The summed E-state index contributed by atoms with van der Waals surface area (Å²) in [5.41, 5.74) is 0.266. The average molecular weight is 403 g/mol. The van der Waals surface area contributed by atoms with E-state index >= 15 is 0 Å². The number of carbonyl (C=O) groups is 1. The lowest BCUT2D eigenvalue weighted by atomic mass is 10.1. The molecular formula is C21H20F3N3O2. The van der Waals surface area contributed by atoms with Crippen LogP contribution in [0.2, 0.25) is 0 Å². The number of amidine groups is 1. The largest absolute Gasteiger partial charge is 0.454 e. The Balaban J connectivity index is 1.77. The molecule has 5 nitrogen and oxygen atoms in total. The Bertz CT molecular complexity index is 987. The zero-order chi connectivity index (χ0) is 20.8. The van der Waals surface area contributed by atoms with Gasteiger partial charge in [-0.05, 0) is 37.3 Å². The molecule has 2 aromatic rings. The zero-order valence-electron chi connectivity index (χ0n) is 16.0. The summed E-state index contributed by atoms with van der Waals surface area (Å²) < 4.78 is 45.2. The van der Waals surface area contributed by atoms with Crippen molar-refractivity contribution in [3.05, 3.63) is 53.6 Å². The van der Waals surface area contributed by atoms with Crippen molar-refractivity contribution in [1.82, 2.24) is 9.80 Å². The fourth-order valence-electron chi connectivity index (χ4n) is 3.76. The van der Waals surface area contributed by atoms with E-state index in [0.717, 1.165) is 12.1 Å². The fraction of sp³-hybridized carbons (Fsp3) is 0.333. The number of halogens is 3. The van der Waals surface area contributed by atoms with Gasteiger partial charge in [0.15, 0.2) is 5.75 Å². The third-order valence-corrected chi connectivity index (χ3v) is 5.19. The Hall–Kier alpha value is -3.03. The normalized spacial score (nSPS) is 18.9. The van der Waals surface area contributed by atoms with Gasteiger partial charge in [0.2, 0.25) is 5.91 Å². The van der Waals surface area contributed by atoms with Crippen LogP contribution in [0.15, 0.2) is 47.5 Å². The van der Waals surface area contributed by atoms with Crippen molar-refractivity contribution in [1.29, 1.82) is 0 Å². The molecule has 1 fully saturated rings. The molecule has 0 unspecified atom stereocenters. The minimum atomic E-state index is -4.46. The number of hydrogen-bond acceptors (Lipinski definition) is 4. The van der Waals surface area contributed by atoms with E-state index in [2.05, 4.69) is 9.89 Å². The molecule has 0 spiro atoms. The molecule has 4 rings (SSSR count). The number of benzene rings is 2. The Labute approximate surface area is 166 Å². The van der Waals surface area contributed by atoms with Crippen molar-refractivity contribution >= 4 is 17.4 Å². The molecule has 2 aromatic carbocycles. The van der Waals surface area contributed by atoms with E-state index in [1.807, 2.05) is 19.1 Å². The highest BCUT2D eigenvalue weighted by molar-refractivity contribution is 6.03. The van der Waals surface area contributed by atoms with Crippen molar-refractivity contribution in [2.45, 2.75) is 26.1 Å². The van der Waals surface area contributed by atoms with E-state index in [1.54, 1.807) is 24.0 Å². The first-order valence-electron chi connectivity index (χ1n) is 9.33. The number of amides is 1. The first-order chi connectivity index (χ1) is 13.7. The number of nitrogens with zero attached hydrogens (tertiary/aromatic N) is 3. The van der Waals surface area contributed by atoms with E-state index in [9.17, 15) is 18.0 Å². The molecule has 1 amide bonds. The molecule has 0 aliphatic carbocycles. The van der Waals surface area contributed by atoms with Crippen molar-refractivity contribution in [2.75, 3.05) is 19.6 Å². The van der Waals surface area contributed by atoms with Crippen LogP contribution in [0, 0.1) is 0 Å². The lowest BCUT2D eigenvalue weighted by Gasteiger charge is -2.40. The van der Waals surface area contributed by atoms with Gasteiger partial charge in [-0.3, -0.25) is 4.79 Å². The predicted octanol–water partition coefficient (Wildman–Crippen LogP) is 4.44.